The topological polar surface area (TPSA) is 64.1 Å². The SMILES string of the molecule is C=C(c1cc(C)cc(C)c1)c1c(CC)c(=O)[nH]c(=O)n1COCC#Cc1ccccc1. The lowest BCUT2D eigenvalue weighted by Gasteiger charge is -2.18. The number of aryl methyl sites for hydroxylation is 2. The standard InChI is InChI=1S/C26H26N2O3/c1-5-23-24(20(4)22-15-18(2)14-19(3)16-22)28(26(30)27-25(23)29)17-31-13-9-12-21-10-7-6-8-11-21/h6-8,10-11,14-16H,4-5,13,17H2,1-3H3,(H,27,29,30). The summed E-state index contributed by atoms with van der Waals surface area (Å²) in [6.45, 7) is 10.2. The highest BCUT2D eigenvalue weighted by Gasteiger charge is 2.18. The van der Waals surface area contributed by atoms with E-state index < -0.39 is 11.2 Å². The normalized spacial score (nSPS) is 10.4. The third kappa shape index (κ3) is 5.30. The number of nitrogens with zero attached hydrogens (tertiary/aromatic N) is 1. The molecule has 1 aromatic heterocycles. The molecule has 158 valence electrons. The van der Waals surface area contributed by atoms with Gasteiger partial charge >= 0.3 is 5.69 Å². The van der Waals surface area contributed by atoms with E-state index >= 15 is 0 Å². The van der Waals surface area contributed by atoms with Gasteiger partial charge in [0.15, 0.2) is 0 Å². The van der Waals surface area contributed by atoms with Gasteiger partial charge in [0.05, 0.1) is 5.69 Å². The average molecular weight is 415 g/mol. The van der Waals surface area contributed by atoms with Crippen molar-refractivity contribution in [1.29, 1.82) is 0 Å². The van der Waals surface area contributed by atoms with E-state index in [1.54, 1.807) is 0 Å². The third-order valence-electron chi connectivity index (χ3n) is 4.91. The van der Waals surface area contributed by atoms with E-state index in [-0.39, 0.29) is 13.3 Å². The van der Waals surface area contributed by atoms with Crippen molar-refractivity contribution in [2.45, 2.75) is 33.9 Å². The molecule has 0 saturated carbocycles. The minimum atomic E-state index is -0.529. The van der Waals surface area contributed by atoms with E-state index in [0.717, 1.165) is 22.3 Å². The number of hydrogen-bond donors (Lipinski definition) is 1. The molecule has 0 spiro atoms. The van der Waals surface area contributed by atoms with Crippen molar-refractivity contribution in [1.82, 2.24) is 9.55 Å². The summed E-state index contributed by atoms with van der Waals surface area (Å²) in [6, 6.07) is 15.7. The Labute approximate surface area is 182 Å². The molecule has 0 fully saturated rings. The summed E-state index contributed by atoms with van der Waals surface area (Å²) in [5.41, 5.74) is 4.62. The number of nitrogens with one attached hydrogen (secondary N) is 1. The number of rotatable bonds is 6. The molecule has 5 nitrogen and oxygen atoms in total. The summed E-state index contributed by atoms with van der Waals surface area (Å²) in [7, 11) is 0. The first-order chi connectivity index (χ1) is 14.9. The molecule has 0 atom stereocenters. The number of benzene rings is 2. The fourth-order valence-corrected chi connectivity index (χ4v) is 3.54. The zero-order chi connectivity index (χ0) is 22.4. The van der Waals surface area contributed by atoms with E-state index in [1.807, 2.05) is 63.2 Å². The van der Waals surface area contributed by atoms with Crippen molar-refractivity contribution in [3.63, 3.8) is 0 Å². The molecule has 31 heavy (non-hydrogen) atoms. The fourth-order valence-electron chi connectivity index (χ4n) is 3.54. The number of hydrogen-bond acceptors (Lipinski definition) is 3. The van der Waals surface area contributed by atoms with Crippen molar-refractivity contribution in [3.8, 4) is 11.8 Å². The third-order valence-corrected chi connectivity index (χ3v) is 4.91. The van der Waals surface area contributed by atoms with Gasteiger partial charge in [0.25, 0.3) is 5.56 Å². The Bertz CT molecular complexity index is 1250. The molecule has 1 N–H and O–H groups in total. The maximum absolute atomic E-state index is 12.6. The van der Waals surface area contributed by atoms with Gasteiger partial charge in [0.2, 0.25) is 0 Å². The smallest absolute Gasteiger partial charge is 0.330 e. The Morgan fingerprint density at radius 3 is 2.42 bits per heavy atom. The first-order valence-corrected chi connectivity index (χ1v) is 10.2. The van der Waals surface area contributed by atoms with Gasteiger partial charge in [0.1, 0.15) is 13.3 Å². The van der Waals surface area contributed by atoms with Gasteiger partial charge in [-0.15, -0.1) is 0 Å². The summed E-state index contributed by atoms with van der Waals surface area (Å²) in [6.07, 6.45) is 0.461. The number of ether oxygens (including phenoxy) is 1. The van der Waals surface area contributed by atoms with E-state index in [9.17, 15) is 9.59 Å². The molecule has 0 bridgehead atoms. The number of aromatic amines is 1. The molecule has 0 aliphatic rings. The maximum atomic E-state index is 12.6. The molecular formula is C26H26N2O3. The zero-order valence-electron chi connectivity index (χ0n) is 18.1. The van der Waals surface area contributed by atoms with Crippen LogP contribution >= 0.6 is 0 Å². The second-order valence-corrected chi connectivity index (χ2v) is 7.37. The minimum absolute atomic E-state index is 0.0365. The van der Waals surface area contributed by atoms with E-state index in [0.29, 0.717) is 23.3 Å². The van der Waals surface area contributed by atoms with E-state index in [1.165, 1.54) is 4.57 Å². The first-order valence-electron chi connectivity index (χ1n) is 10.2. The molecule has 0 saturated heterocycles. The average Bonchev–Trinajstić information content (AvgIpc) is 2.74. The van der Waals surface area contributed by atoms with Gasteiger partial charge in [-0.2, -0.15) is 0 Å². The van der Waals surface area contributed by atoms with E-state index in [4.69, 9.17) is 4.74 Å². The second kappa shape index (κ2) is 9.92. The van der Waals surface area contributed by atoms with Crippen LogP contribution < -0.4 is 11.2 Å². The number of aromatic nitrogens is 2. The number of H-pyrrole nitrogens is 1. The van der Waals surface area contributed by atoms with Gasteiger partial charge < -0.3 is 4.74 Å². The van der Waals surface area contributed by atoms with Gasteiger partial charge in [-0.05, 0) is 43.5 Å². The van der Waals surface area contributed by atoms with Crippen molar-refractivity contribution in [2.75, 3.05) is 6.61 Å². The second-order valence-electron chi connectivity index (χ2n) is 7.37. The Balaban J connectivity index is 1.93. The Morgan fingerprint density at radius 2 is 1.77 bits per heavy atom. The highest BCUT2D eigenvalue weighted by atomic mass is 16.5. The predicted molar refractivity (Wildman–Crippen MR) is 124 cm³/mol. The van der Waals surface area contributed by atoms with Gasteiger partial charge in [-0.25, -0.2) is 4.79 Å². The lowest BCUT2D eigenvalue weighted by molar-refractivity contribution is 0.0994. The largest absolute Gasteiger partial charge is 0.348 e. The van der Waals surface area contributed by atoms with Crippen LogP contribution in [0.5, 0.6) is 0 Å². The van der Waals surface area contributed by atoms with Crippen LogP contribution in [-0.2, 0) is 17.9 Å². The summed E-state index contributed by atoms with van der Waals surface area (Å²) in [5.74, 6) is 5.96. The Kier molecular flexibility index (Phi) is 7.07. The van der Waals surface area contributed by atoms with Crippen LogP contribution in [0.4, 0.5) is 0 Å². The van der Waals surface area contributed by atoms with Gasteiger partial charge in [-0.1, -0.05) is 72.9 Å². The first kappa shape index (κ1) is 22.1. The Hall–Kier alpha value is -3.62. The summed E-state index contributed by atoms with van der Waals surface area (Å²) in [4.78, 5) is 27.5. The fraction of sp³-hybridized carbons (Fsp3) is 0.231. The minimum Gasteiger partial charge on any atom is -0.348 e. The van der Waals surface area contributed by atoms with Crippen LogP contribution in [0.1, 0.15) is 40.4 Å². The molecule has 3 aromatic rings. The highest BCUT2D eigenvalue weighted by Crippen LogP contribution is 2.25. The van der Waals surface area contributed by atoms with Crippen LogP contribution in [0.2, 0.25) is 0 Å². The molecule has 0 radical (unpaired) electrons. The van der Waals surface area contributed by atoms with Crippen LogP contribution in [0.25, 0.3) is 5.57 Å². The maximum Gasteiger partial charge on any atom is 0.330 e. The summed E-state index contributed by atoms with van der Waals surface area (Å²) >= 11 is 0. The summed E-state index contributed by atoms with van der Waals surface area (Å²) < 4.78 is 7.08. The molecule has 0 aliphatic heterocycles. The molecule has 2 aromatic carbocycles. The highest BCUT2D eigenvalue weighted by molar-refractivity contribution is 5.78. The molecule has 5 heteroatoms. The van der Waals surface area contributed by atoms with Crippen molar-refractivity contribution in [3.05, 3.63) is 109 Å². The van der Waals surface area contributed by atoms with Crippen molar-refractivity contribution >= 4 is 5.57 Å². The van der Waals surface area contributed by atoms with Crippen molar-refractivity contribution < 1.29 is 4.74 Å². The molecular weight excluding hydrogens is 388 g/mol. The molecule has 3 rings (SSSR count). The molecule has 1 heterocycles. The molecule has 0 aliphatic carbocycles. The molecule has 0 unspecified atom stereocenters. The monoisotopic (exact) mass is 414 g/mol. The van der Waals surface area contributed by atoms with Crippen LogP contribution in [-0.4, -0.2) is 16.2 Å². The van der Waals surface area contributed by atoms with Crippen LogP contribution in [0.3, 0.4) is 0 Å². The molecule has 0 amide bonds. The zero-order valence-corrected chi connectivity index (χ0v) is 18.1. The van der Waals surface area contributed by atoms with Crippen molar-refractivity contribution in [2.24, 2.45) is 0 Å². The van der Waals surface area contributed by atoms with Gasteiger partial charge in [-0.3, -0.25) is 14.3 Å². The van der Waals surface area contributed by atoms with Gasteiger partial charge in [0, 0.05) is 11.1 Å². The van der Waals surface area contributed by atoms with Crippen LogP contribution in [0.15, 0.2) is 64.7 Å². The van der Waals surface area contributed by atoms with Crippen LogP contribution in [0, 0.1) is 25.7 Å². The lowest BCUT2D eigenvalue weighted by atomic mass is 9.96. The van der Waals surface area contributed by atoms with E-state index in [2.05, 4.69) is 29.5 Å². The Morgan fingerprint density at radius 1 is 1.10 bits per heavy atom. The quantitative estimate of drug-likeness (QED) is 0.493. The predicted octanol–water partition coefficient (Wildman–Crippen LogP) is 3.80. The summed E-state index contributed by atoms with van der Waals surface area (Å²) in [5, 5.41) is 0. The lowest BCUT2D eigenvalue weighted by Crippen LogP contribution is -2.36.